The van der Waals surface area contributed by atoms with E-state index in [0.717, 1.165) is 5.52 Å². The summed E-state index contributed by atoms with van der Waals surface area (Å²) in [6.45, 7) is 0. The summed E-state index contributed by atoms with van der Waals surface area (Å²) in [5, 5.41) is 9.57. The average molecular weight is 304 g/mol. The van der Waals surface area contributed by atoms with E-state index in [4.69, 9.17) is 4.42 Å². The molecule has 4 rings (SSSR count). The van der Waals surface area contributed by atoms with E-state index in [2.05, 4.69) is 20.5 Å². The number of aromatic nitrogens is 3. The molecule has 2 N–H and O–H groups in total. The molecule has 112 valence electrons. The van der Waals surface area contributed by atoms with Crippen LogP contribution < -0.4 is 5.32 Å². The lowest BCUT2D eigenvalue weighted by Gasteiger charge is -2.03. The first-order valence-corrected chi connectivity index (χ1v) is 7.07. The zero-order chi connectivity index (χ0) is 15.6. The first-order valence-electron chi connectivity index (χ1n) is 7.07. The van der Waals surface area contributed by atoms with E-state index in [0.29, 0.717) is 28.4 Å². The predicted octanol–water partition coefficient (Wildman–Crippen LogP) is 3.47. The van der Waals surface area contributed by atoms with Crippen molar-refractivity contribution in [2.75, 3.05) is 5.32 Å². The van der Waals surface area contributed by atoms with E-state index in [1.807, 2.05) is 30.3 Å². The molecule has 0 aliphatic heterocycles. The molecule has 2 aromatic heterocycles. The van der Waals surface area contributed by atoms with Crippen LogP contribution in [0.15, 0.2) is 65.2 Å². The van der Waals surface area contributed by atoms with Crippen molar-refractivity contribution in [1.82, 2.24) is 15.2 Å². The molecule has 0 fully saturated rings. The number of amides is 1. The Hall–Kier alpha value is -3.41. The van der Waals surface area contributed by atoms with Crippen molar-refractivity contribution in [3.8, 4) is 11.5 Å². The highest BCUT2D eigenvalue weighted by atomic mass is 16.3. The van der Waals surface area contributed by atoms with Crippen LogP contribution in [0.2, 0.25) is 0 Å². The van der Waals surface area contributed by atoms with Crippen molar-refractivity contribution in [2.45, 2.75) is 0 Å². The van der Waals surface area contributed by atoms with Gasteiger partial charge in [0.2, 0.25) is 5.89 Å². The van der Waals surface area contributed by atoms with Crippen LogP contribution in [0.5, 0.6) is 0 Å². The minimum atomic E-state index is -0.241. The second-order valence-electron chi connectivity index (χ2n) is 4.95. The summed E-state index contributed by atoms with van der Waals surface area (Å²) in [6.07, 6.45) is 1.64. The fraction of sp³-hybridized carbons (Fsp3) is 0. The molecule has 0 bridgehead atoms. The number of rotatable bonds is 3. The molecule has 0 atom stereocenters. The van der Waals surface area contributed by atoms with Crippen LogP contribution in [0.4, 0.5) is 5.82 Å². The Kier molecular flexibility index (Phi) is 3.12. The summed E-state index contributed by atoms with van der Waals surface area (Å²) in [7, 11) is 0. The third-order valence-electron chi connectivity index (χ3n) is 3.43. The Bertz CT molecular complexity index is 939. The fourth-order valence-corrected chi connectivity index (χ4v) is 2.30. The molecule has 2 aromatic carbocycles. The summed E-state index contributed by atoms with van der Waals surface area (Å²) in [4.78, 5) is 16.7. The summed E-state index contributed by atoms with van der Waals surface area (Å²) in [5.74, 6) is 0.545. The number of fused-ring (bicyclic) bond motifs is 1. The maximum Gasteiger partial charge on any atom is 0.256 e. The standard InChI is InChI=1S/C17H12N4O2/c22-16(11-6-2-1-3-7-11)20-15-12(10-18-21-15)17-19-13-8-4-5-9-14(13)23-17/h1-10H,(H2,18,20,21,22). The SMILES string of the molecule is O=C(Nc1n[nH]cc1-c1nc2ccccc2o1)c1ccccc1. The molecule has 4 aromatic rings. The van der Waals surface area contributed by atoms with Crippen molar-refractivity contribution in [1.29, 1.82) is 0 Å². The van der Waals surface area contributed by atoms with Crippen molar-refractivity contribution >= 4 is 22.8 Å². The van der Waals surface area contributed by atoms with Gasteiger partial charge < -0.3 is 9.73 Å². The predicted molar refractivity (Wildman–Crippen MR) is 86.0 cm³/mol. The summed E-state index contributed by atoms with van der Waals surface area (Å²) in [5.41, 5.74) is 2.59. The van der Waals surface area contributed by atoms with Crippen molar-refractivity contribution in [3.63, 3.8) is 0 Å². The zero-order valence-electron chi connectivity index (χ0n) is 12.0. The van der Waals surface area contributed by atoms with Gasteiger partial charge in [-0.15, -0.1) is 0 Å². The number of para-hydroxylation sites is 2. The van der Waals surface area contributed by atoms with Gasteiger partial charge in [0.1, 0.15) is 5.52 Å². The Balaban J connectivity index is 1.67. The van der Waals surface area contributed by atoms with Gasteiger partial charge in [0, 0.05) is 11.8 Å². The van der Waals surface area contributed by atoms with Crippen LogP contribution in [0.3, 0.4) is 0 Å². The van der Waals surface area contributed by atoms with Crippen LogP contribution in [-0.2, 0) is 0 Å². The highest BCUT2D eigenvalue weighted by molar-refractivity contribution is 6.05. The van der Waals surface area contributed by atoms with E-state index < -0.39 is 0 Å². The monoisotopic (exact) mass is 304 g/mol. The van der Waals surface area contributed by atoms with E-state index in [-0.39, 0.29) is 5.91 Å². The first kappa shape index (κ1) is 13.3. The molecule has 0 aliphatic carbocycles. The number of anilines is 1. The second kappa shape index (κ2) is 5.42. The Labute approximate surface area is 131 Å². The number of carbonyl (C=O) groups is 1. The number of hydrogen-bond acceptors (Lipinski definition) is 4. The van der Waals surface area contributed by atoms with Crippen LogP contribution in [0, 0.1) is 0 Å². The van der Waals surface area contributed by atoms with Crippen LogP contribution >= 0.6 is 0 Å². The van der Waals surface area contributed by atoms with Crippen LogP contribution in [0.25, 0.3) is 22.6 Å². The van der Waals surface area contributed by atoms with Gasteiger partial charge in [0.05, 0.1) is 5.56 Å². The Morgan fingerprint density at radius 1 is 1.04 bits per heavy atom. The van der Waals surface area contributed by atoms with Gasteiger partial charge in [-0.05, 0) is 24.3 Å². The molecule has 1 amide bonds. The first-order chi connectivity index (χ1) is 11.3. The molecule has 23 heavy (non-hydrogen) atoms. The molecular weight excluding hydrogens is 292 g/mol. The number of hydrogen-bond donors (Lipinski definition) is 2. The molecule has 2 heterocycles. The number of H-pyrrole nitrogens is 1. The van der Waals surface area contributed by atoms with E-state index in [1.165, 1.54) is 0 Å². The summed E-state index contributed by atoms with van der Waals surface area (Å²) >= 11 is 0. The summed E-state index contributed by atoms with van der Waals surface area (Å²) < 4.78 is 5.72. The largest absolute Gasteiger partial charge is 0.436 e. The normalized spacial score (nSPS) is 10.8. The average Bonchev–Trinajstić information content (AvgIpc) is 3.21. The molecule has 0 spiro atoms. The van der Waals surface area contributed by atoms with Gasteiger partial charge in [-0.1, -0.05) is 30.3 Å². The minimum Gasteiger partial charge on any atom is -0.436 e. The Morgan fingerprint density at radius 3 is 2.65 bits per heavy atom. The number of benzene rings is 2. The number of nitrogens with zero attached hydrogens (tertiary/aromatic N) is 2. The van der Waals surface area contributed by atoms with Gasteiger partial charge >= 0.3 is 0 Å². The molecule has 0 unspecified atom stereocenters. The molecule has 6 heteroatoms. The molecule has 0 saturated carbocycles. The number of carbonyl (C=O) groups excluding carboxylic acids is 1. The Morgan fingerprint density at radius 2 is 1.83 bits per heavy atom. The van der Waals surface area contributed by atoms with Crippen LogP contribution in [-0.4, -0.2) is 21.1 Å². The number of oxazole rings is 1. The quantitative estimate of drug-likeness (QED) is 0.607. The van der Waals surface area contributed by atoms with E-state index in [9.17, 15) is 4.79 Å². The van der Waals surface area contributed by atoms with E-state index >= 15 is 0 Å². The van der Waals surface area contributed by atoms with Gasteiger partial charge in [0.25, 0.3) is 5.91 Å². The van der Waals surface area contributed by atoms with Gasteiger partial charge in [0.15, 0.2) is 11.4 Å². The van der Waals surface area contributed by atoms with Crippen LogP contribution in [0.1, 0.15) is 10.4 Å². The molecule has 6 nitrogen and oxygen atoms in total. The lowest BCUT2D eigenvalue weighted by molar-refractivity contribution is 0.102. The van der Waals surface area contributed by atoms with E-state index in [1.54, 1.807) is 30.5 Å². The zero-order valence-corrected chi connectivity index (χ0v) is 12.0. The highest BCUT2D eigenvalue weighted by Gasteiger charge is 2.17. The smallest absolute Gasteiger partial charge is 0.256 e. The highest BCUT2D eigenvalue weighted by Crippen LogP contribution is 2.28. The number of nitrogens with one attached hydrogen (secondary N) is 2. The number of aromatic amines is 1. The maximum atomic E-state index is 12.3. The second-order valence-corrected chi connectivity index (χ2v) is 4.95. The van der Waals surface area contributed by atoms with Crippen molar-refractivity contribution < 1.29 is 9.21 Å². The molecule has 0 radical (unpaired) electrons. The lowest BCUT2D eigenvalue weighted by atomic mass is 10.2. The summed E-state index contributed by atoms with van der Waals surface area (Å²) in [6, 6.07) is 16.4. The molecule has 0 aliphatic rings. The fourth-order valence-electron chi connectivity index (χ4n) is 2.30. The third kappa shape index (κ3) is 2.46. The molecular formula is C17H12N4O2. The topological polar surface area (TPSA) is 83.8 Å². The minimum absolute atomic E-state index is 0.241. The third-order valence-corrected chi connectivity index (χ3v) is 3.43. The lowest BCUT2D eigenvalue weighted by Crippen LogP contribution is -2.12. The maximum absolute atomic E-state index is 12.3. The van der Waals surface area contributed by atoms with Crippen molar-refractivity contribution in [3.05, 3.63) is 66.4 Å². The van der Waals surface area contributed by atoms with Crippen molar-refractivity contribution in [2.24, 2.45) is 0 Å². The molecule has 0 saturated heterocycles. The van der Waals surface area contributed by atoms with Gasteiger partial charge in [-0.25, -0.2) is 4.98 Å². The van der Waals surface area contributed by atoms with Gasteiger partial charge in [-0.3, -0.25) is 9.89 Å². The van der Waals surface area contributed by atoms with Gasteiger partial charge in [-0.2, -0.15) is 5.10 Å².